The number of nitrogens with one attached hydrogen (secondary N) is 1. The number of benzene rings is 2. The number of rotatable bonds is 4. The summed E-state index contributed by atoms with van der Waals surface area (Å²) >= 11 is 0. The van der Waals surface area contributed by atoms with Crippen molar-refractivity contribution in [1.29, 1.82) is 0 Å². The largest absolute Gasteiger partial charge is 0.326 e. The molecule has 0 aliphatic rings. The molecule has 2 aromatic carbocycles. The van der Waals surface area contributed by atoms with Crippen molar-refractivity contribution in [2.75, 3.05) is 0 Å². The molecule has 5 nitrogen and oxygen atoms in total. The van der Waals surface area contributed by atoms with Crippen molar-refractivity contribution in [3.63, 3.8) is 0 Å². The molecule has 2 aromatic heterocycles. The predicted molar refractivity (Wildman–Crippen MR) is 101 cm³/mol. The average molecular weight is 332 g/mol. The number of pyridine rings is 1. The zero-order chi connectivity index (χ0) is 17.4. The summed E-state index contributed by atoms with van der Waals surface area (Å²) in [7, 11) is 0. The van der Waals surface area contributed by atoms with Gasteiger partial charge in [-0.2, -0.15) is 5.10 Å². The first-order chi connectivity index (χ1) is 12.1. The van der Waals surface area contributed by atoms with Gasteiger partial charge in [0.2, 0.25) is 0 Å². The Morgan fingerprint density at radius 3 is 2.64 bits per heavy atom. The van der Waals surface area contributed by atoms with Gasteiger partial charge in [0.1, 0.15) is 0 Å². The highest BCUT2D eigenvalue weighted by molar-refractivity contribution is 6.03. The van der Waals surface area contributed by atoms with E-state index < -0.39 is 0 Å². The number of hydrogen-bond acceptors (Lipinski definition) is 3. The number of aromatic amines is 1. The molecule has 4 rings (SSSR count). The van der Waals surface area contributed by atoms with Crippen molar-refractivity contribution < 1.29 is 0 Å². The van der Waals surface area contributed by atoms with Gasteiger partial charge >= 0.3 is 0 Å². The van der Waals surface area contributed by atoms with Gasteiger partial charge in [-0.3, -0.25) is 9.89 Å². The monoisotopic (exact) mass is 332 g/mol. The SMILES string of the molecule is Cc1n[nH]c2c1c(=O)n(CC(N)Cc1ccccc1)c1ccccc21. The number of nitrogens with zero attached hydrogens (tertiary/aromatic N) is 2. The van der Waals surface area contributed by atoms with Gasteiger partial charge in [0, 0.05) is 18.0 Å². The number of aryl methyl sites for hydroxylation is 1. The third-order valence-corrected chi connectivity index (χ3v) is 4.63. The smallest absolute Gasteiger partial charge is 0.262 e. The van der Waals surface area contributed by atoms with Crippen LogP contribution in [0.1, 0.15) is 11.3 Å². The van der Waals surface area contributed by atoms with Crippen molar-refractivity contribution in [2.45, 2.75) is 25.9 Å². The van der Waals surface area contributed by atoms with Gasteiger partial charge in [-0.05, 0) is 25.0 Å². The maximum absolute atomic E-state index is 13.1. The molecule has 0 fully saturated rings. The molecule has 0 saturated carbocycles. The van der Waals surface area contributed by atoms with Crippen molar-refractivity contribution in [1.82, 2.24) is 14.8 Å². The Kier molecular flexibility index (Phi) is 3.86. The first-order valence-electron chi connectivity index (χ1n) is 8.41. The average Bonchev–Trinajstić information content (AvgIpc) is 3.01. The van der Waals surface area contributed by atoms with Gasteiger partial charge in [-0.15, -0.1) is 0 Å². The summed E-state index contributed by atoms with van der Waals surface area (Å²) in [5, 5.41) is 8.86. The molecule has 0 spiro atoms. The second-order valence-corrected chi connectivity index (χ2v) is 6.44. The second kappa shape index (κ2) is 6.18. The van der Waals surface area contributed by atoms with E-state index >= 15 is 0 Å². The van der Waals surface area contributed by atoms with Crippen LogP contribution in [-0.4, -0.2) is 20.8 Å². The van der Waals surface area contributed by atoms with Crippen molar-refractivity contribution in [3.05, 3.63) is 76.2 Å². The summed E-state index contributed by atoms with van der Waals surface area (Å²) in [6.07, 6.45) is 0.726. The molecule has 3 N–H and O–H groups in total. The highest BCUT2D eigenvalue weighted by Gasteiger charge is 2.16. The molecule has 25 heavy (non-hydrogen) atoms. The minimum absolute atomic E-state index is 0.0385. The summed E-state index contributed by atoms with van der Waals surface area (Å²) < 4.78 is 1.79. The molecular formula is C20H20N4O. The zero-order valence-corrected chi connectivity index (χ0v) is 14.1. The molecule has 126 valence electrons. The van der Waals surface area contributed by atoms with Crippen molar-refractivity contribution >= 4 is 21.8 Å². The quantitative estimate of drug-likeness (QED) is 0.603. The van der Waals surface area contributed by atoms with Crippen molar-refractivity contribution in [3.8, 4) is 0 Å². The van der Waals surface area contributed by atoms with Gasteiger partial charge in [0.15, 0.2) is 0 Å². The highest BCUT2D eigenvalue weighted by Crippen LogP contribution is 2.22. The fraction of sp³-hybridized carbons (Fsp3) is 0.200. The fourth-order valence-corrected chi connectivity index (χ4v) is 3.45. The lowest BCUT2D eigenvalue weighted by Gasteiger charge is -2.16. The van der Waals surface area contributed by atoms with Gasteiger partial charge in [0.25, 0.3) is 5.56 Å². The van der Waals surface area contributed by atoms with Crippen LogP contribution < -0.4 is 11.3 Å². The minimum atomic E-state index is -0.145. The van der Waals surface area contributed by atoms with E-state index in [0.717, 1.165) is 28.5 Å². The summed E-state index contributed by atoms with van der Waals surface area (Å²) in [6, 6.07) is 17.8. The van der Waals surface area contributed by atoms with Crippen LogP contribution in [0.15, 0.2) is 59.4 Å². The number of para-hydroxylation sites is 1. The van der Waals surface area contributed by atoms with Crippen LogP contribution in [0, 0.1) is 6.92 Å². The van der Waals surface area contributed by atoms with Crippen LogP contribution >= 0.6 is 0 Å². The van der Waals surface area contributed by atoms with Crippen molar-refractivity contribution in [2.24, 2.45) is 5.73 Å². The summed E-state index contributed by atoms with van der Waals surface area (Å²) in [5.41, 5.74) is 9.90. The first-order valence-corrected chi connectivity index (χ1v) is 8.41. The van der Waals surface area contributed by atoms with Crippen LogP contribution in [0.25, 0.3) is 21.8 Å². The van der Waals surface area contributed by atoms with E-state index in [4.69, 9.17) is 5.73 Å². The van der Waals surface area contributed by atoms with Gasteiger partial charge in [-0.25, -0.2) is 0 Å². The second-order valence-electron chi connectivity index (χ2n) is 6.44. The first kappa shape index (κ1) is 15.6. The molecular weight excluding hydrogens is 312 g/mol. The Hall–Kier alpha value is -2.92. The predicted octanol–water partition coefficient (Wildman–Crippen LogP) is 2.76. The molecule has 2 heterocycles. The topological polar surface area (TPSA) is 76.7 Å². The lowest BCUT2D eigenvalue weighted by Crippen LogP contribution is -2.34. The Morgan fingerprint density at radius 2 is 1.84 bits per heavy atom. The van der Waals surface area contributed by atoms with E-state index in [0.29, 0.717) is 11.9 Å². The molecule has 0 bridgehead atoms. The number of nitrogens with two attached hydrogens (primary N) is 1. The normalized spacial score (nSPS) is 12.7. The summed E-state index contributed by atoms with van der Waals surface area (Å²) in [4.78, 5) is 13.1. The van der Waals surface area contributed by atoms with E-state index in [1.165, 1.54) is 5.56 Å². The van der Waals surface area contributed by atoms with E-state index in [9.17, 15) is 4.79 Å². The van der Waals surface area contributed by atoms with E-state index in [-0.39, 0.29) is 11.6 Å². The summed E-state index contributed by atoms with van der Waals surface area (Å²) in [6.45, 7) is 2.32. The molecule has 0 saturated heterocycles. The third kappa shape index (κ3) is 2.72. The van der Waals surface area contributed by atoms with Crippen LogP contribution in [0.5, 0.6) is 0 Å². The lowest BCUT2D eigenvalue weighted by atomic mass is 10.1. The van der Waals surface area contributed by atoms with Crippen LogP contribution in [0.2, 0.25) is 0 Å². The molecule has 4 aromatic rings. The van der Waals surface area contributed by atoms with E-state index in [1.54, 1.807) is 4.57 Å². The Balaban J connectivity index is 1.81. The number of fused-ring (bicyclic) bond motifs is 3. The molecule has 1 atom stereocenters. The minimum Gasteiger partial charge on any atom is -0.326 e. The van der Waals surface area contributed by atoms with Gasteiger partial charge in [0.05, 0.1) is 22.1 Å². The van der Waals surface area contributed by atoms with Crippen LogP contribution in [0.4, 0.5) is 0 Å². The van der Waals surface area contributed by atoms with Crippen LogP contribution in [-0.2, 0) is 13.0 Å². The number of hydrogen-bond donors (Lipinski definition) is 2. The molecule has 0 radical (unpaired) electrons. The third-order valence-electron chi connectivity index (χ3n) is 4.63. The molecule has 0 aliphatic heterocycles. The fourth-order valence-electron chi connectivity index (χ4n) is 3.45. The van der Waals surface area contributed by atoms with E-state index in [1.807, 2.05) is 49.4 Å². The Morgan fingerprint density at radius 1 is 1.12 bits per heavy atom. The number of aromatic nitrogens is 3. The molecule has 1 unspecified atom stereocenters. The maximum atomic E-state index is 13.1. The van der Waals surface area contributed by atoms with Gasteiger partial charge in [-0.1, -0.05) is 48.5 Å². The van der Waals surface area contributed by atoms with E-state index in [2.05, 4.69) is 22.3 Å². The highest BCUT2D eigenvalue weighted by atomic mass is 16.1. The molecule has 5 heteroatoms. The lowest BCUT2D eigenvalue weighted by molar-refractivity contribution is 0.552. The standard InChI is InChI=1S/C20H20N4O/c1-13-18-19(23-22-13)16-9-5-6-10-17(16)24(20(18)25)12-15(21)11-14-7-3-2-4-8-14/h2-10,15H,11-12,21H2,1H3,(H,22,23). The maximum Gasteiger partial charge on any atom is 0.262 e. The van der Waals surface area contributed by atoms with Gasteiger partial charge < -0.3 is 10.3 Å². The molecule has 0 aliphatic carbocycles. The zero-order valence-electron chi connectivity index (χ0n) is 14.1. The Bertz CT molecular complexity index is 1100. The van der Waals surface area contributed by atoms with Crippen LogP contribution in [0.3, 0.4) is 0 Å². The Labute approximate surface area is 145 Å². The number of H-pyrrole nitrogens is 1. The summed E-state index contributed by atoms with van der Waals surface area (Å²) in [5.74, 6) is 0. The molecule has 0 amide bonds.